The summed E-state index contributed by atoms with van der Waals surface area (Å²) < 4.78 is 5.43. The van der Waals surface area contributed by atoms with E-state index in [-0.39, 0.29) is 29.9 Å². The second-order valence-electron chi connectivity index (χ2n) is 6.53. The molecule has 0 atom stereocenters. The molecule has 0 bridgehead atoms. The molecule has 0 fully saturated rings. The molecule has 2 N–H and O–H groups in total. The number of hydrogen-bond donors (Lipinski definition) is 2. The van der Waals surface area contributed by atoms with Crippen LogP contribution in [0.5, 0.6) is 5.75 Å². The minimum atomic E-state index is -0.0775. The van der Waals surface area contributed by atoms with Crippen LogP contribution in [0, 0.1) is 6.92 Å². The Balaban J connectivity index is 0.00000420. The summed E-state index contributed by atoms with van der Waals surface area (Å²) in [7, 11) is 3.66. The second-order valence-corrected chi connectivity index (χ2v) is 6.53. The van der Waals surface area contributed by atoms with Gasteiger partial charge in [-0.3, -0.25) is 9.79 Å². The van der Waals surface area contributed by atoms with Gasteiger partial charge in [0.25, 0.3) is 5.91 Å². The van der Waals surface area contributed by atoms with E-state index in [0.717, 1.165) is 29.4 Å². The van der Waals surface area contributed by atoms with Crippen LogP contribution < -0.4 is 15.4 Å². The largest absolute Gasteiger partial charge is 0.496 e. The molecular formula is C22H31IN4O2. The van der Waals surface area contributed by atoms with Gasteiger partial charge in [-0.1, -0.05) is 35.9 Å². The molecule has 0 aliphatic carbocycles. The van der Waals surface area contributed by atoms with Crippen LogP contribution in [0.1, 0.15) is 28.4 Å². The summed E-state index contributed by atoms with van der Waals surface area (Å²) in [5.41, 5.74) is 2.83. The smallest absolute Gasteiger partial charge is 0.251 e. The average Bonchev–Trinajstić information content (AvgIpc) is 2.70. The maximum Gasteiger partial charge on any atom is 0.251 e. The van der Waals surface area contributed by atoms with Crippen molar-refractivity contribution >= 4 is 35.8 Å². The van der Waals surface area contributed by atoms with Crippen LogP contribution in [-0.2, 0) is 6.54 Å². The molecule has 0 aliphatic heterocycles. The molecule has 2 rings (SSSR count). The highest BCUT2D eigenvalue weighted by molar-refractivity contribution is 14.0. The number of amides is 1. The first-order valence-electron chi connectivity index (χ1n) is 9.51. The third-order valence-corrected chi connectivity index (χ3v) is 4.24. The Morgan fingerprint density at radius 3 is 2.59 bits per heavy atom. The Morgan fingerprint density at radius 2 is 1.90 bits per heavy atom. The lowest BCUT2D eigenvalue weighted by molar-refractivity contribution is 0.0954. The molecule has 0 aliphatic rings. The number of aryl methyl sites for hydroxylation is 1. The molecule has 2 aromatic carbocycles. The minimum Gasteiger partial charge on any atom is -0.496 e. The Bertz CT molecular complexity index is 811. The molecule has 0 radical (unpaired) electrons. The van der Waals surface area contributed by atoms with Crippen LogP contribution in [0.25, 0.3) is 0 Å². The van der Waals surface area contributed by atoms with Crippen molar-refractivity contribution in [1.29, 1.82) is 0 Å². The van der Waals surface area contributed by atoms with Crippen molar-refractivity contribution in [2.75, 3.05) is 33.8 Å². The molecule has 0 spiro atoms. The number of guanidine groups is 1. The van der Waals surface area contributed by atoms with Gasteiger partial charge in [0.05, 0.1) is 13.7 Å². The van der Waals surface area contributed by atoms with E-state index in [2.05, 4.69) is 15.6 Å². The predicted molar refractivity (Wildman–Crippen MR) is 129 cm³/mol. The number of carbonyl (C=O) groups excluding carboxylic acids is 1. The first kappa shape index (κ1) is 24.7. The summed E-state index contributed by atoms with van der Waals surface area (Å²) in [6, 6.07) is 15.5. The van der Waals surface area contributed by atoms with E-state index >= 15 is 0 Å². The van der Waals surface area contributed by atoms with Gasteiger partial charge in [0, 0.05) is 37.8 Å². The summed E-state index contributed by atoms with van der Waals surface area (Å²) in [6.45, 7) is 6.42. The molecule has 6 nitrogen and oxygen atoms in total. The highest BCUT2D eigenvalue weighted by Gasteiger charge is 2.10. The number of nitrogens with one attached hydrogen (secondary N) is 2. The average molecular weight is 510 g/mol. The van der Waals surface area contributed by atoms with Crippen LogP contribution in [0.4, 0.5) is 0 Å². The number of nitrogens with zero attached hydrogens (tertiary/aromatic N) is 2. The van der Waals surface area contributed by atoms with E-state index in [9.17, 15) is 4.79 Å². The molecule has 0 saturated heterocycles. The standard InChI is InChI=1S/C22H30N4O2.HI/c1-5-23-22(26(3)16-19-10-6-7-12-20(19)28-4)25-14-13-24-21(27)18-11-8-9-17(2)15-18;/h6-12,15H,5,13-14,16H2,1-4H3,(H,23,25)(H,24,27);1H. The third-order valence-electron chi connectivity index (χ3n) is 4.24. The maximum atomic E-state index is 12.2. The van der Waals surface area contributed by atoms with Crippen LogP contribution in [0.2, 0.25) is 0 Å². The van der Waals surface area contributed by atoms with E-state index < -0.39 is 0 Å². The summed E-state index contributed by atoms with van der Waals surface area (Å²) in [5.74, 6) is 1.57. The van der Waals surface area contributed by atoms with Crippen LogP contribution in [0.15, 0.2) is 53.5 Å². The highest BCUT2D eigenvalue weighted by Crippen LogP contribution is 2.18. The van der Waals surface area contributed by atoms with Crippen molar-refractivity contribution in [3.8, 4) is 5.75 Å². The summed E-state index contributed by atoms with van der Waals surface area (Å²) >= 11 is 0. The quantitative estimate of drug-likeness (QED) is 0.247. The third kappa shape index (κ3) is 7.92. The van der Waals surface area contributed by atoms with E-state index in [1.165, 1.54) is 0 Å². The number of rotatable bonds is 8. The molecule has 0 aromatic heterocycles. The lowest BCUT2D eigenvalue weighted by Gasteiger charge is -2.23. The van der Waals surface area contributed by atoms with Crippen molar-refractivity contribution in [2.45, 2.75) is 20.4 Å². The minimum absolute atomic E-state index is 0. The summed E-state index contributed by atoms with van der Waals surface area (Å²) in [6.07, 6.45) is 0. The van der Waals surface area contributed by atoms with Crippen molar-refractivity contribution in [2.24, 2.45) is 4.99 Å². The molecule has 0 saturated carbocycles. The fourth-order valence-electron chi connectivity index (χ4n) is 2.85. The van der Waals surface area contributed by atoms with Gasteiger partial charge in [-0.25, -0.2) is 0 Å². The lowest BCUT2D eigenvalue weighted by Crippen LogP contribution is -2.39. The molecule has 29 heavy (non-hydrogen) atoms. The van der Waals surface area contributed by atoms with Gasteiger partial charge in [-0.2, -0.15) is 0 Å². The Hall–Kier alpha value is -2.29. The van der Waals surface area contributed by atoms with Crippen LogP contribution in [0.3, 0.4) is 0 Å². The zero-order chi connectivity index (χ0) is 20.4. The molecule has 2 aromatic rings. The van der Waals surface area contributed by atoms with Gasteiger partial charge >= 0.3 is 0 Å². The molecule has 158 valence electrons. The Kier molecular flexibility index (Phi) is 11.1. The first-order valence-corrected chi connectivity index (χ1v) is 9.51. The van der Waals surface area contributed by atoms with Crippen molar-refractivity contribution in [3.05, 3.63) is 65.2 Å². The van der Waals surface area contributed by atoms with Crippen molar-refractivity contribution < 1.29 is 9.53 Å². The van der Waals surface area contributed by atoms with Gasteiger partial charge in [0.2, 0.25) is 0 Å². The first-order chi connectivity index (χ1) is 13.5. The maximum absolute atomic E-state index is 12.2. The fourth-order valence-corrected chi connectivity index (χ4v) is 2.85. The van der Waals surface area contributed by atoms with Crippen molar-refractivity contribution in [3.63, 3.8) is 0 Å². The van der Waals surface area contributed by atoms with Gasteiger partial charge in [-0.05, 0) is 32.0 Å². The van der Waals surface area contributed by atoms with E-state index in [4.69, 9.17) is 4.74 Å². The SMILES string of the molecule is CCNC(=NCCNC(=O)c1cccc(C)c1)N(C)Cc1ccccc1OC.I. The highest BCUT2D eigenvalue weighted by atomic mass is 127. The zero-order valence-electron chi connectivity index (χ0n) is 17.6. The number of para-hydroxylation sites is 1. The number of aliphatic imine (C=N–C) groups is 1. The van der Waals surface area contributed by atoms with Gasteiger partial charge in [0.1, 0.15) is 5.75 Å². The van der Waals surface area contributed by atoms with Gasteiger partial charge in [0.15, 0.2) is 5.96 Å². The van der Waals surface area contributed by atoms with E-state index in [0.29, 0.717) is 25.2 Å². The number of ether oxygens (including phenoxy) is 1. The van der Waals surface area contributed by atoms with Gasteiger partial charge in [-0.15, -0.1) is 24.0 Å². The van der Waals surface area contributed by atoms with E-state index in [1.54, 1.807) is 7.11 Å². The van der Waals surface area contributed by atoms with E-state index in [1.807, 2.05) is 74.3 Å². The monoisotopic (exact) mass is 510 g/mol. The number of hydrogen-bond acceptors (Lipinski definition) is 3. The van der Waals surface area contributed by atoms with Crippen LogP contribution in [-0.4, -0.2) is 50.6 Å². The lowest BCUT2D eigenvalue weighted by atomic mass is 10.1. The molecule has 7 heteroatoms. The molecule has 0 unspecified atom stereocenters. The zero-order valence-corrected chi connectivity index (χ0v) is 19.9. The second kappa shape index (κ2) is 13.0. The normalized spacial score (nSPS) is 10.7. The Morgan fingerprint density at radius 1 is 1.14 bits per heavy atom. The topological polar surface area (TPSA) is 66.0 Å². The molecule has 0 heterocycles. The molecule has 1 amide bonds. The summed E-state index contributed by atoms with van der Waals surface area (Å²) in [5, 5.41) is 6.21. The number of benzene rings is 2. The van der Waals surface area contributed by atoms with Gasteiger partial charge < -0.3 is 20.3 Å². The fraction of sp³-hybridized carbons (Fsp3) is 0.364. The van der Waals surface area contributed by atoms with Crippen LogP contribution >= 0.6 is 24.0 Å². The number of carbonyl (C=O) groups is 1. The number of methoxy groups -OCH3 is 1. The predicted octanol–water partition coefficient (Wildman–Crippen LogP) is 3.45. The summed E-state index contributed by atoms with van der Waals surface area (Å²) in [4.78, 5) is 18.9. The van der Waals surface area contributed by atoms with Crippen molar-refractivity contribution in [1.82, 2.24) is 15.5 Å². The number of halogens is 1. The molecular weight excluding hydrogens is 479 g/mol. The Labute approximate surface area is 190 Å².